The van der Waals surface area contributed by atoms with Gasteiger partial charge in [0.15, 0.2) is 5.13 Å². The normalized spacial score (nSPS) is 21.4. The molecular formula is C11H18N4OS. The number of aromatic nitrogens is 1. The van der Waals surface area contributed by atoms with Gasteiger partial charge in [-0.3, -0.25) is 14.6 Å². The Balaban J connectivity index is 1.92. The highest BCUT2D eigenvalue weighted by Crippen LogP contribution is 2.16. The molecule has 0 aromatic carbocycles. The lowest BCUT2D eigenvalue weighted by Crippen LogP contribution is -2.52. The van der Waals surface area contributed by atoms with E-state index in [1.54, 1.807) is 18.1 Å². The van der Waals surface area contributed by atoms with Crippen LogP contribution in [0.3, 0.4) is 0 Å². The van der Waals surface area contributed by atoms with Crippen molar-refractivity contribution in [1.29, 1.82) is 0 Å². The second-order valence-corrected chi connectivity index (χ2v) is 5.16. The van der Waals surface area contributed by atoms with E-state index in [2.05, 4.69) is 22.1 Å². The molecular weight excluding hydrogens is 236 g/mol. The van der Waals surface area contributed by atoms with Gasteiger partial charge in [0.05, 0.1) is 6.54 Å². The lowest BCUT2D eigenvalue weighted by atomic mass is 10.2. The first-order valence-electron chi connectivity index (χ1n) is 5.79. The van der Waals surface area contributed by atoms with Crippen molar-refractivity contribution in [1.82, 2.24) is 15.2 Å². The smallest absolute Gasteiger partial charge is 0.242 e. The van der Waals surface area contributed by atoms with Crippen LogP contribution in [-0.2, 0) is 4.79 Å². The highest BCUT2D eigenvalue weighted by atomic mass is 32.1. The molecule has 1 aliphatic heterocycles. The lowest BCUT2D eigenvalue weighted by Gasteiger charge is -2.33. The fourth-order valence-electron chi connectivity index (χ4n) is 1.89. The second kappa shape index (κ2) is 5.57. The lowest BCUT2D eigenvalue weighted by molar-refractivity contribution is -0.120. The van der Waals surface area contributed by atoms with Crippen molar-refractivity contribution in [3.05, 3.63) is 11.6 Å². The molecule has 2 heterocycles. The van der Waals surface area contributed by atoms with Crippen LogP contribution in [0.15, 0.2) is 11.6 Å². The van der Waals surface area contributed by atoms with Gasteiger partial charge in [-0.25, -0.2) is 4.98 Å². The summed E-state index contributed by atoms with van der Waals surface area (Å²) in [5.74, 6) is 0.105. The summed E-state index contributed by atoms with van der Waals surface area (Å²) in [4.78, 5) is 20.1. The Bertz CT molecular complexity index is 368. The largest absolute Gasteiger partial charge is 0.314 e. The molecule has 1 aromatic rings. The van der Waals surface area contributed by atoms with Gasteiger partial charge in [-0.2, -0.15) is 0 Å². The zero-order chi connectivity index (χ0) is 12.3. The third kappa shape index (κ3) is 3.02. The Kier molecular flexibility index (Phi) is 4.09. The van der Waals surface area contributed by atoms with E-state index in [1.807, 2.05) is 5.38 Å². The van der Waals surface area contributed by atoms with Crippen LogP contribution in [0, 0.1) is 0 Å². The maximum Gasteiger partial charge on any atom is 0.242 e. The number of piperazine rings is 1. The van der Waals surface area contributed by atoms with E-state index in [0.29, 0.717) is 12.6 Å². The molecule has 0 saturated carbocycles. The summed E-state index contributed by atoms with van der Waals surface area (Å²) < 4.78 is 0. The average molecular weight is 254 g/mol. The van der Waals surface area contributed by atoms with E-state index >= 15 is 0 Å². The standard InChI is InChI=1S/C11H18N4OS/c1-9-7-12-3-5-15(9)8-10(16)14(2)11-13-4-6-17-11/h4,6,9,12H,3,5,7-8H2,1-2H3/t9-/m1/s1. The minimum absolute atomic E-state index is 0.105. The Morgan fingerprint density at radius 3 is 3.24 bits per heavy atom. The zero-order valence-corrected chi connectivity index (χ0v) is 11.0. The number of carbonyl (C=O) groups excluding carboxylic acids is 1. The predicted molar refractivity (Wildman–Crippen MR) is 69.4 cm³/mol. The van der Waals surface area contributed by atoms with Gasteiger partial charge < -0.3 is 5.32 Å². The molecule has 1 saturated heterocycles. The number of hydrogen-bond acceptors (Lipinski definition) is 5. The number of likely N-dealkylation sites (N-methyl/N-ethyl adjacent to an activating group) is 1. The second-order valence-electron chi connectivity index (χ2n) is 4.29. The molecule has 1 aliphatic rings. The maximum atomic E-state index is 12.1. The van der Waals surface area contributed by atoms with Crippen LogP contribution in [0.4, 0.5) is 5.13 Å². The molecule has 0 radical (unpaired) electrons. The molecule has 0 aliphatic carbocycles. The first-order valence-corrected chi connectivity index (χ1v) is 6.67. The average Bonchev–Trinajstić information content (AvgIpc) is 2.84. The Morgan fingerprint density at radius 1 is 1.76 bits per heavy atom. The monoisotopic (exact) mass is 254 g/mol. The summed E-state index contributed by atoms with van der Waals surface area (Å²) in [5.41, 5.74) is 0. The SMILES string of the molecule is C[C@@H]1CNCCN1CC(=O)N(C)c1nccs1. The number of nitrogens with one attached hydrogen (secondary N) is 1. The highest BCUT2D eigenvalue weighted by molar-refractivity contribution is 7.13. The maximum absolute atomic E-state index is 12.1. The summed E-state index contributed by atoms with van der Waals surface area (Å²) in [6.45, 7) is 5.45. The van der Waals surface area contributed by atoms with Gasteiger partial charge in [0, 0.05) is 44.3 Å². The minimum Gasteiger partial charge on any atom is -0.314 e. The van der Waals surface area contributed by atoms with E-state index < -0.39 is 0 Å². The summed E-state index contributed by atoms with van der Waals surface area (Å²) >= 11 is 1.49. The fourth-order valence-corrected chi connectivity index (χ4v) is 2.51. The van der Waals surface area contributed by atoms with Crippen molar-refractivity contribution in [2.45, 2.75) is 13.0 Å². The van der Waals surface area contributed by atoms with Crippen LogP contribution in [0.25, 0.3) is 0 Å². The van der Waals surface area contributed by atoms with Gasteiger partial charge in [0.1, 0.15) is 0 Å². The van der Waals surface area contributed by atoms with E-state index in [1.165, 1.54) is 11.3 Å². The Morgan fingerprint density at radius 2 is 2.59 bits per heavy atom. The first-order chi connectivity index (χ1) is 8.18. The molecule has 2 rings (SSSR count). The van der Waals surface area contributed by atoms with Crippen molar-refractivity contribution in [3.63, 3.8) is 0 Å². The van der Waals surface area contributed by atoms with Crippen molar-refractivity contribution >= 4 is 22.4 Å². The van der Waals surface area contributed by atoms with Gasteiger partial charge in [0.25, 0.3) is 0 Å². The molecule has 17 heavy (non-hydrogen) atoms. The summed E-state index contributed by atoms with van der Waals surface area (Å²) in [6.07, 6.45) is 1.72. The summed E-state index contributed by atoms with van der Waals surface area (Å²) in [7, 11) is 1.79. The minimum atomic E-state index is 0.105. The number of nitrogens with zero attached hydrogens (tertiary/aromatic N) is 3. The first kappa shape index (κ1) is 12.5. The molecule has 1 N–H and O–H groups in total. The van der Waals surface area contributed by atoms with Crippen LogP contribution < -0.4 is 10.2 Å². The number of amides is 1. The fraction of sp³-hybridized carbons (Fsp3) is 0.636. The van der Waals surface area contributed by atoms with Gasteiger partial charge in [0.2, 0.25) is 5.91 Å². The van der Waals surface area contributed by atoms with Crippen LogP contribution in [0.1, 0.15) is 6.92 Å². The van der Waals surface area contributed by atoms with E-state index in [0.717, 1.165) is 24.8 Å². The molecule has 1 aromatic heterocycles. The van der Waals surface area contributed by atoms with Crippen molar-refractivity contribution in [2.24, 2.45) is 0 Å². The van der Waals surface area contributed by atoms with Gasteiger partial charge in [-0.05, 0) is 6.92 Å². The Labute approximate surface area is 105 Å². The summed E-state index contributed by atoms with van der Waals surface area (Å²) in [5, 5.41) is 5.96. The number of rotatable bonds is 3. The number of hydrogen-bond donors (Lipinski definition) is 1. The molecule has 5 nitrogen and oxygen atoms in total. The summed E-state index contributed by atoms with van der Waals surface area (Å²) in [6, 6.07) is 0.414. The van der Waals surface area contributed by atoms with E-state index in [4.69, 9.17) is 0 Å². The molecule has 0 bridgehead atoms. The van der Waals surface area contributed by atoms with E-state index in [9.17, 15) is 4.79 Å². The zero-order valence-electron chi connectivity index (χ0n) is 10.2. The van der Waals surface area contributed by atoms with Crippen molar-refractivity contribution in [3.8, 4) is 0 Å². The molecule has 1 atom stereocenters. The van der Waals surface area contributed by atoms with Gasteiger partial charge >= 0.3 is 0 Å². The van der Waals surface area contributed by atoms with Gasteiger partial charge in [-0.1, -0.05) is 0 Å². The van der Waals surface area contributed by atoms with Gasteiger partial charge in [-0.15, -0.1) is 11.3 Å². The third-order valence-electron chi connectivity index (χ3n) is 3.06. The predicted octanol–water partition coefficient (Wildman–Crippen LogP) is 0.400. The molecule has 1 fully saturated rings. The van der Waals surface area contributed by atoms with Crippen molar-refractivity contribution < 1.29 is 4.79 Å². The number of anilines is 1. The molecule has 0 spiro atoms. The van der Waals surface area contributed by atoms with Crippen LogP contribution in [-0.4, -0.2) is 55.1 Å². The van der Waals surface area contributed by atoms with Crippen LogP contribution in [0.5, 0.6) is 0 Å². The van der Waals surface area contributed by atoms with Crippen LogP contribution >= 0.6 is 11.3 Å². The third-order valence-corrected chi connectivity index (χ3v) is 3.91. The number of carbonyl (C=O) groups is 1. The topological polar surface area (TPSA) is 48.5 Å². The van der Waals surface area contributed by atoms with E-state index in [-0.39, 0.29) is 5.91 Å². The molecule has 6 heteroatoms. The highest BCUT2D eigenvalue weighted by Gasteiger charge is 2.22. The van der Waals surface area contributed by atoms with Crippen molar-refractivity contribution in [2.75, 3.05) is 38.1 Å². The molecule has 1 amide bonds. The number of thiazole rings is 1. The Hall–Kier alpha value is -0.980. The quantitative estimate of drug-likeness (QED) is 0.848. The molecule has 0 unspecified atom stereocenters. The molecule has 94 valence electrons. The van der Waals surface area contributed by atoms with Crippen LogP contribution in [0.2, 0.25) is 0 Å².